The van der Waals surface area contributed by atoms with Crippen LogP contribution in [-0.4, -0.2) is 15.6 Å². The SMILES string of the molecule is Cn1cc(N)cc1C(=O)Nc1cnoc1. The Hall–Kier alpha value is -2.24. The van der Waals surface area contributed by atoms with Gasteiger partial charge in [-0.25, -0.2) is 0 Å². The van der Waals surface area contributed by atoms with Crippen molar-refractivity contribution in [2.24, 2.45) is 7.05 Å². The molecule has 2 aromatic heterocycles. The summed E-state index contributed by atoms with van der Waals surface area (Å²) < 4.78 is 6.24. The highest BCUT2D eigenvalue weighted by Gasteiger charge is 2.11. The Morgan fingerprint density at radius 1 is 1.67 bits per heavy atom. The van der Waals surface area contributed by atoms with Gasteiger partial charge in [-0.2, -0.15) is 0 Å². The van der Waals surface area contributed by atoms with Crippen molar-refractivity contribution in [2.45, 2.75) is 0 Å². The number of nitrogens with zero attached hydrogens (tertiary/aromatic N) is 2. The van der Waals surface area contributed by atoms with Crippen LogP contribution in [0.3, 0.4) is 0 Å². The summed E-state index contributed by atoms with van der Waals surface area (Å²) in [5.41, 5.74) is 7.10. The van der Waals surface area contributed by atoms with E-state index in [4.69, 9.17) is 5.73 Å². The van der Waals surface area contributed by atoms with Gasteiger partial charge in [0.2, 0.25) is 0 Å². The number of nitrogen functional groups attached to an aromatic ring is 1. The van der Waals surface area contributed by atoms with E-state index in [-0.39, 0.29) is 5.91 Å². The van der Waals surface area contributed by atoms with Gasteiger partial charge in [-0.1, -0.05) is 5.16 Å². The number of carbonyl (C=O) groups is 1. The number of rotatable bonds is 2. The van der Waals surface area contributed by atoms with Crippen molar-refractivity contribution in [3.63, 3.8) is 0 Å². The molecule has 2 aromatic rings. The zero-order chi connectivity index (χ0) is 10.8. The highest BCUT2D eigenvalue weighted by molar-refractivity contribution is 6.03. The average molecular weight is 206 g/mol. The second-order valence-electron chi connectivity index (χ2n) is 3.14. The van der Waals surface area contributed by atoms with E-state index in [0.29, 0.717) is 17.1 Å². The summed E-state index contributed by atoms with van der Waals surface area (Å²) in [5, 5.41) is 6.10. The fourth-order valence-electron chi connectivity index (χ4n) is 1.28. The topological polar surface area (TPSA) is 86.1 Å². The molecule has 6 nitrogen and oxygen atoms in total. The molecule has 2 rings (SSSR count). The zero-order valence-corrected chi connectivity index (χ0v) is 8.10. The first kappa shape index (κ1) is 9.32. The minimum atomic E-state index is -0.252. The number of amides is 1. The third-order valence-electron chi connectivity index (χ3n) is 1.95. The number of anilines is 2. The second kappa shape index (κ2) is 3.49. The molecule has 0 radical (unpaired) electrons. The Bertz CT molecular complexity index is 472. The number of carbonyl (C=O) groups excluding carboxylic acids is 1. The third-order valence-corrected chi connectivity index (χ3v) is 1.95. The van der Waals surface area contributed by atoms with Crippen molar-refractivity contribution in [1.29, 1.82) is 0 Å². The van der Waals surface area contributed by atoms with Crippen LogP contribution in [0.25, 0.3) is 0 Å². The van der Waals surface area contributed by atoms with E-state index < -0.39 is 0 Å². The van der Waals surface area contributed by atoms with Gasteiger partial charge in [-0.3, -0.25) is 4.79 Å². The van der Waals surface area contributed by atoms with E-state index in [2.05, 4.69) is 15.0 Å². The van der Waals surface area contributed by atoms with E-state index in [1.165, 1.54) is 12.5 Å². The average Bonchev–Trinajstić information content (AvgIpc) is 2.75. The molecule has 0 fully saturated rings. The van der Waals surface area contributed by atoms with Crippen molar-refractivity contribution < 1.29 is 9.32 Å². The summed E-state index contributed by atoms with van der Waals surface area (Å²) in [5.74, 6) is -0.252. The molecule has 0 bridgehead atoms. The fraction of sp³-hybridized carbons (Fsp3) is 0.111. The van der Waals surface area contributed by atoms with E-state index in [9.17, 15) is 4.79 Å². The van der Waals surface area contributed by atoms with Gasteiger partial charge in [0.05, 0.1) is 11.9 Å². The molecule has 3 N–H and O–H groups in total. The molecule has 1 amide bonds. The first-order valence-electron chi connectivity index (χ1n) is 4.29. The smallest absolute Gasteiger partial charge is 0.272 e. The third kappa shape index (κ3) is 1.83. The Balaban J connectivity index is 2.18. The first-order chi connectivity index (χ1) is 7.16. The zero-order valence-electron chi connectivity index (χ0n) is 8.10. The number of aromatic nitrogens is 2. The number of hydrogen-bond donors (Lipinski definition) is 2. The van der Waals surface area contributed by atoms with Gasteiger partial charge in [0.15, 0.2) is 0 Å². The number of aryl methyl sites for hydroxylation is 1. The van der Waals surface area contributed by atoms with Crippen molar-refractivity contribution in [1.82, 2.24) is 9.72 Å². The monoisotopic (exact) mass is 206 g/mol. The van der Waals surface area contributed by atoms with Gasteiger partial charge < -0.3 is 20.1 Å². The van der Waals surface area contributed by atoms with Gasteiger partial charge in [0, 0.05) is 13.2 Å². The fourth-order valence-corrected chi connectivity index (χ4v) is 1.28. The van der Waals surface area contributed by atoms with E-state index in [0.717, 1.165) is 0 Å². The maximum atomic E-state index is 11.7. The van der Waals surface area contributed by atoms with Crippen molar-refractivity contribution in [2.75, 3.05) is 11.1 Å². The molecule has 6 heteroatoms. The van der Waals surface area contributed by atoms with Crippen molar-refractivity contribution in [3.8, 4) is 0 Å². The summed E-state index contributed by atoms with van der Waals surface area (Å²) in [7, 11) is 1.75. The van der Waals surface area contributed by atoms with Crippen LogP contribution in [-0.2, 0) is 7.05 Å². The summed E-state index contributed by atoms with van der Waals surface area (Å²) in [6.07, 6.45) is 4.44. The van der Waals surface area contributed by atoms with Crippen LogP contribution in [0, 0.1) is 0 Å². The molecule has 0 aliphatic heterocycles. The lowest BCUT2D eigenvalue weighted by molar-refractivity contribution is 0.101. The molecular formula is C9H10N4O2. The van der Waals surface area contributed by atoms with Crippen LogP contribution in [0.4, 0.5) is 11.4 Å². The minimum Gasteiger partial charge on any atom is -0.397 e. The Morgan fingerprint density at radius 3 is 3.00 bits per heavy atom. The molecule has 78 valence electrons. The van der Waals surface area contributed by atoms with Crippen molar-refractivity contribution in [3.05, 3.63) is 30.4 Å². The normalized spacial score (nSPS) is 10.2. The predicted molar refractivity (Wildman–Crippen MR) is 54.3 cm³/mol. The van der Waals surface area contributed by atoms with Crippen LogP contribution in [0.1, 0.15) is 10.5 Å². The molecule has 0 saturated carbocycles. The number of nitrogens with two attached hydrogens (primary N) is 1. The number of hydrogen-bond acceptors (Lipinski definition) is 4. The Labute approximate surface area is 85.7 Å². The highest BCUT2D eigenvalue weighted by Crippen LogP contribution is 2.11. The lowest BCUT2D eigenvalue weighted by atomic mass is 10.3. The maximum Gasteiger partial charge on any atom is 0.272 e. The van der Waals surface area contributed by atoms with Gasteiger partial charge >= 0.3 is 0 Å². The largest absolute Gasteiger partial charge is 0.397 e. The molecular weight excluding hydrogens is 196 g/mol. The van der Waals surface area contributed by atoms with Gasteiger partial charge in [-0.05, 0) is 6.07 Å². The summed E-state index contributed by atoms with van der Waals surface area (Å²) in [6, 6.07) is 1.60. The van der Waals surface area contributed by atoms with E-state index >= 15 is 0 Å². The summed E-state index contributed by atoms with van der Waals surface area (Å²) in [6.45, 7) is 0. The van der Waals surface area contributed by atoms with Crippen LogP contribution in [0.2, 0.25) is 0 Å². The molecule has 0 aliphatic carbocycles. The molecule has 0 atom stereocenters. The second-order valence-corrected chi connectivity index (χ2v) is 3.14. The summed E-state index contributed by atoms with van der Waals surface area (Å²) in [4.78, 5) is 11.7. The predicted octanol–water partition coefficient (Wildman–Crippen LogP) is 0.848. The lowest BCUT2D eigenvalue weighted by Gasteiger charge is -2.01. The van der Waals surface area contributed by atoms with E-state index in [1.807, 2.05) is 0 Å². The van der Waals surface area contributed by atoms with E-state index in [1.54, 1.807) is 23.9 Å². The molecule has 2 heterocycles. The van der Waals surface area contributed by atoms with Gasteiger partial charge in [-0.15, -0.1) is 0 Å². The van der Waals surface area contributed by atoms with Crippen molar-refractivity contribution >= 4 is 17.3 Å². The van der Waals surface area contributed by atoms with Crippen LogP contribution < -0.4 is 11.1 Å². The van der Waals surface area contributed by atoms with Crippen LogP contribution >= 0.6 is 0 Å². The Morgan fingerprint density at radius 2 is 2.47 bits per heavy atom. The van der Waals surface area contributed by atoms with Gasteiger partial charge in [0.25, 0.3) is 5.91 Å². The quantitative estimate of drug-likeness (QED) is 0.762. The standard InChI is InChI=1S/C9H10N4O2/c1-13-4-6(10)2-8(13)9(14)12-7-3-11-15-5-7/h2-5H,10H2,1H3,(H,12,14). The lowest BCUT2D eigenvalue weighted by Crippen LogP contribution is -2.14. The van der Waals surface area contributed by atoms with Crippen LogP contribution in [0.15, 0.2) is 29.2 Å². The molecule has 0 aliphatic rings. The maximum absolute atomic E-state index is 11.7. The molecule has 0 saturated heterocycles. The number of nitrogens with one attached hydrogen (secondary N) is 1. The Kier molecular flexibility index (Phi) is 2.17. The first-order valence-corrected chi connectivity index (χ1v) is 4.29. The van der Waals surface area contributed by atoms with Crippen LogP contribution in [0.5, 0.6) is 0 Å². The highest BCUT2D eigenvalue weighted by atomic mass is 16.5. The van der Waals surface area contributed by atoms with Gasteiger partial charge in [0.1, 0.15) is 17.6 Å². The minimum absolute atomic E-state index is 0.252. The molecule has 0 aromatic carbocycles. The molecule has 0 unspecified atom stereocenters. The molecule has 0 spiro atoms. The molecule has 15 heavy (non-hydrogen) atoms. The summed E-state index contributed by atoms with van der Waals surface area (Å²) >= 11 is 0.